The van der Waals surface area contributed by atoms with E-state index < -0.39 is 5.60 Å². The number of benzene rings is 1. The summed E-state index contributed by atoms with van der Waals surface area (Å²) < 4.78 is 5.42. The molecule has 1 aromatic rings. The van der Waals surface area contributed by atoms with Gasteiger partial charge in [0.25, 0.3) is 0 Å². The molecule has 0 spiro atoms. The van der Waals surface area contributed by atoms with Crippen LogP contribution in [0.5, 0.6) is 0 Å². The average molecular weight is 430 g/mol. The van der Waals surface area contributed by atoms with Gasteiger partial charge in [-0.3, -0.25) is 4.79 Å². The topological polar surface area (TPSA) is 53.1 Å². The number of hydrogen-bond donors (Lipinski definition) is 0. The largest absolute Gasteiger partial charge is 0.444 e. The highest BCUT2D eigenvalue weighted by Gasteiger charge is 2.23. The lowest BCUT2D eigenvalue weighted by Crippen LogP contribution is -2.34. The van der Waals surface area contributed by atoms with Gasteiger partial charge >= 0.3 is 6.09 Å². The van der Waals surface area contributed by atoms with Crippen molar-refractivity contribution in [1.82, 2.24) is 9.80 Å². The van der Waals surface area contributed by atoms with Gasteiger partial charge in [0.1, 0.15) is 5.60 Å². The Balaban J connectivity index is 1.41. The minimum Gasteiger partial charge on any atom is -0.444 e. The van der Waals surface area contributed by atoms with Crippen LogP contribution in [0.15, 0.2) is 24.3 Å². The Labute approximate surface area is 187 Å². The van der Waals surface area contributed by atoms with Crippen LogP contribution in [0, 0.1) is 5.92 Å². The van der Waals surface area contributed by atoms with E-state index in [1.54, 1.807) is 11.9 Å². The van der Waals surface area contributed by atoms with Gasteiger partial charge in [-0.05, 0) is 76.5 Å². The van der Waals surface area contributed by atoms with Crippen LogP contribution in [0.3, 0.4) is 0 Å². The molecule has 2 amide bonds. The van der Waals surface area contributed by atoms with Gasteiger partial charge in [0.15, 0.2) is 0 Å². The molecule has 0 atom stereocenters. The first kappa shape index (κ1) is 23.4. The van der Waals surface area contributed by atoms with Crippen LogP contribution in [-0.4, -0.2) is 60.6 Å². The Morgan fingerprint density at radius 2 is 1.65 bits per heavy atom. The maximum atomic E-state index is 12.3. The van der Waals surface area contributed by atoms with Crippen LogP contribution >= 0.6 is 0 Å². The van der Waals surface area contributed by atoms with Crippen molar-refractivity contribution in [2.45, 2.75) is 71.4 Å². The molecule has 31 heavy (non-hydrogen) atoms. The van der Waals surface area contributed by atoms with Crippen LogP contribution in [-0.2, 0) is 16.1 Å². The zero-order valence-corrected chi connectivity index (χ0v) is 19.7. The van der Waals surface area contributed by atoms with Gasteiger partial charge in [0.05, 0.1) is 0 Å². The predicted molar refractivity (Wildman–Crippen MR) is 124 cm³/mol. The number of rotatable bonds is 6. The fourth-order valence-corrected chi connectivity index (χ4v) is 4.42. The molecule has 0 unspecified atom stereocenters. The van der Waals surface area contributed by atoms with E-state index in [4.69, 9.17) is 4.74 Å². The van der Waals surface area contributed by atoms with Gasteiger partial charge in [0, 0.05) is 51.9 Å². The molecule has 3 rings (SSSR count). The third-order valence-corrected chi connectivity index (χ3v) is 6.27. The number of likely N-dealkylation sites (tertiary alicyclic amines) is 1. The Bertz CT molecular complexity index is 727. The van der Waals surface area contributed by atoms with Crippen LogP contribution in [0.2, 0.25) is 0 Å². The van der Waals surface area contributed by atoms with Crippen LogP contribution in [0.1, 0.15) is 64.9 Å². The molecule has 172 valence electrons. The van der Waals surface area contributed by atoms with Crippen molar-refractivity contribution in [3.63, 3.8) is 0 Å². The normalized spacial score (nSPS) is 17.7. The number of amides is 2. The smallest absolute Gasteiger partial charge is 0.410 e. The van der Waals surface area contributed by atoms with Crippen LogP contribution in [0.4, 0.5) is 10.5 Å². The Morgan fingerprint density at radius 3 is 2.23 bits per heavy atom. The van der Waals surface area contributed by atoms with Crippen molar-refractivity contribution in [3.05, 3.63) is 29.8 Å². The number of ether oxygens (including phenoxy) is 1. The van der Waals surface area contributed by atoms with E-state index in [1.807, 2.05) is 25.7 Å². The number of nitrogens with zero attached hydrogens (tertiary/aromatic N) is 3. The third kappa shape index (κ3) is 7.15. The summed E-state index contributed by atoms with van der Waals surface area (Å²) in [6.07, 6.45) is 6.07. The van der Waals surface area contributed by atoms with E-state index in [0.717, 1.165) is 51.0 Å². The molecule has 0 N–H and O–H groups in total. The summed E-state index contributed by atoms with van der Waals surface area (Å²) in [5, 5.41) is 0. The minimum absolute atomic E-state index is 0.304. The molecule has 6 nitrogen and oxygen atoms in total. The van der Waals surface area contributed by atoms with Gasteiger partial charge in [-0.15, -0.1) is 0 Å². The Kier molecular flexibility index (Phi) is 7.84. The monoisotopic (exact) mass is 429 g/mol. The number of piperidine rings is 1. The summed E-state index contributed by atoms with van der Waals surface area (Å²) >= 11 is 0. The SMILES string of the molecule is CN(Cc1ccc(N2CCC(CCC(=O)N3CCCC3)CC2)cc1)C(=O)OC(C)(C)C. The third-order valence-electron chi connectivity index (χ3n) is 6.27. The summed E-state index contributed by atoms with van der Waals surface area (Å²) in [5.74, 6) is 1.01. The molecule has 1 aromatic carbocycles. The zero-order valence-electron chi connectivity index (χ0n) is 19.7. The Hall–Kier alpha value is -2.24. The summed E-state index contributed by atoms with van der Waals surface area (Å²) in [5.41, 5.74) is 1.84. The molecule has 2 saturated heterocycles. The second-order valence-corrected chi connectivity index (χ2v) is 10.1. The molecular weight excluding hydrogens is 390 g/mol. The molecule has 2 aliphatic rings. The van der Waals surface area contributed by atoms with Crippen LogP contribution in [0.25, 0.3) is 0 Å². The standard InChI is InChI=1S/C25H39N3O3/c1-25(2,3)31-24(30)26(4)19-21-7-10-22(11-8-21)27-17-13-20(14-18-27)9-12-23(29)28-15-5-6-16-28/h7-8,10-11,20H,5-6,9,12-19H2,1-4H3. The molecule has 2 heterocycles. The van der Waals surface area contributed by atoms with E-state index in [-0.39, 0.29) is 6.09 Å². The van der Waals surface area contributed by atoms with Crippen molar-refractivity contribution in [1.29, 1.82) is 0 Å². The number of anilines is 1. The van der Waals surface area contributed by atoms with Crippen molar-refractivity contribution in [3.8, 4) is 0 Å². The second kappa shape index (κ2) is 10.4. The summed E-state index contributed by atoms with van der Waals surface area (Å²) in [7, 11) is 1.77. The highest BCUT2D eigenvalue weighted by Crippen LogP contribution is 2.27. The lowest BCUT2D eigenvalue weighted by Gasteiger charge is -2.34. The molecule has 2 aliphatic heterocycles. The highest BCUT2D eigenvalue weighted by molar-refractivity contribution is 5.76. The van der Waals surface area contributed by atoms with Gasteiger partial charge in [-0.2, -0.15) is 0 Å². The highest BCUT2D eigenvalue weighted by atomic mass is 16.6. The quantitative estimate of drug-likeness (QED) is 0.659. The second-order valence-electron chi connectivity index (χ2n) is 10.1. The fourth-order valence-electron chi connectivity index (χ4n) is 4.42. The molecule has 0 bridgehead atoms. The van der Waals surface area contributed by atoms with Gasteiger partial charge in [-0.25, -0.2) is 4.79 Å². The number of carbonyl (C=O) groups is 2. The van der Waals surface area contributed by atoms with E-state index in [2.05, 4.69) is 29.2 Å². The first-order chi connectivity index (χ1) is 14.7. The van der Waals surface area contributed by atoms with Crippen molar-refractivity contribution >= 4 is 17.7 Å². The summed E-state index contributed by atoms with van der Waals surface area (Å²) in [4.78, 5) is 30.5. The molecule has 2 fully saturated rings. The van der Waals surface area contributed by atoms with Crippen molar-refractivity contribution < 1.29 is 14.3 Å². The van der Waals surface area contributed by atoms with Crippen molar-refractivity contribution in [2.24, 2.45) is 5.92 Å². The first-order valence-corrected chi connectivity index (χ1v) is 11.8. The summed E-state index contributed by atoms with van der Waals surface area (Å²) in [6.45, 7) is 10.2. The molecule has 0 aliphatic carbocycles. The fraction of sp³-hybridized carbons (Fsp3) is 0.680. The molecule has 0 aromatic heterocycles. The zero-order chi connectivity index (χ0) is 22.4. The molecule has 0 saturated carbocycles. The van der Waals surface area contributed by atoms with Gasteiger partial charge < -0.3 is 19.4 Å². The van der Waals surface area contributed by atoms with Crippen molar-refractivity contribution in [2.75, 3.05) is 38.1 Å². The number of carbonyl (C=O) groups excluding carboxylic acids is 2. The lowest BCUT2D eigenvalue weighted by atomic mass is 9.91. The minimum atomic E-state index is -0.483. The molecular formula is C25H39N3O3. The Morgan fingerprint density at radius 1 is 1.03 bits per heavy atom. The molecule has 6 heteroatoms. The molecule has 0 radical (unpaired) electrons. The summed E-state index contributed by atoms with van der Waals surface area (Å²) in [6, 6.07) is 8.49. The maximum Gasteiger partial charge on any atom is 0.410 e. The first-order valence-electron chi connectivity index (χ1n) is 11.8. The number of hydrogen-bond acceptors (Lipinski definition) is 4. The lowest BCUT2D eigenvalue weighted by molar-refractivity contribution is -0.130. The van der Waals surface area contributed by atoms with Gasteiger partial charge in [-0.1, -0.05) is 12.1 Å². The van der Waals surface area contributed by atoms with Crippen LogP contribution < -0.4 is 4.90 Å². The van der Waals surface area contributed by atoms with Gasteiger partial charge in [0.2, 0.25) is 5.91 Å². The van der Waals surface area contributed by atoms with E-state index in [9.17, 15) is 9.59 Å². The maximum absolute atomic E-state index is 12.3. The van der Waals surface area contributed by atoms with E-state index in [1.165, 1.54) is 18.5 Å². The predicted octanol–water partition coefficient (Wildman–Crippen LogP) is 4.67. The van der Waals surface area contributed by atoms with E-state index >= 15 is 0 Å². The average Bonchev–Trinajstić information content (AvgIpc) is 3.27. The van der Waals surface area contributed by atoms with E-state index in [0.29, 0.717) is 24.8 Å².